The van der Waals surface area contributed by atoms with Gasteiger partial charge in [0.25, 0.3) is 0 Å². The molecule has 0 aliphatic carbocycles. The Labute approximate surface area is 180 Å². The highest BCUT2D eigenvalue weighted by Crippen LogP contribution is 2.28. The van der Waals surface area contributed by atoms with Gasteiger partial charge >= 0.3 is 0 Å². The number of hydrogen-bond acceptors (Lipinski definition) is 5. The van der Waals surface area contributed by atoms with Gasteiger partial charge in [0.2, 0.25) is 18.2 Å². The van der Waals surface area contributed by atoms with Crippen LogP contribution in [0.1, 0.15) is 39.9 Å². The maximum absolute atomic E-state index is 14.4. The van der Waals surface area contributed by atoms with E-state index in [1.807, 2.05) is 19.1 Å². The first-order chi connectivity index (χ1) is 14.8. The number of nitrogens with zero attached hydrogens (tertiary/aromatic N) is 1. The van der Waals surface area contributed by atoms with E-state index in [0.29, 0.717) is 23.9 Å². The molecule has 0 saturated carbocycles. The van der Waals surface area contributed by atoms with Gasteiger partial charge in [0.15, 0.2) is 6.29 Å². The Morgan fingerprint density at radius 1 is 1.23 bits per heavy atom. The number of aryl methyl sites for hydroxylation is 1. The molecule has 0 spiro atoms. The zero-order valence-electron chi connectivity index (χ0n) is 17.4. The molecule has 1 fully saturated rings. The van der Waals surface area contributed by atoms with Crippen molar-refractivity contribution in [2.45, 2.75) is 38.3 Å². The second-order valence-corrected chi connectivity index (χ2v) is 7.78. The van der Waals surface area contributed by atoms with E-state index in [1.54, 1.807) is 26.0 Å². The van der Waals surface area contributed by atoms with Crippen LogP contribution >= 0.6 is 0 Å². The molecule has 0 radical (unpaired) electrons. The Morgan fingerprint density at radius 3 is 2.65 bits per heavy atom. The number of amides is 3. The van der Waals surface area contributed by atoms with Crippen molar-refractivity contribution in [3.63, 3.8) is 0 Å². The fourth-order valence-electron chi connectivity index (χ4n) is 3.66. The average Bonchev–Trinajstić information content (AvgIpc) is 2.75. The first-order valence-corrected chi connectivity index (χ1v) is 9.91. The van der Waals surface area contributed by atoms with Crippen molar-refractivity contribution >= 4 is 38.0 Å². The molecule has 2 aromatic carbocycles. The van der Waals surface area contributed by atoms with Crippen LogP contribution in [0.2, 0.25) is 0 Å². The zero-order valence-corrected chi connectivity index (χ0v) is 17.4. The third-order valence-electron chi connectivity index (χ3n) is 5.79. The van der Waals surface area contributed by atoms with Crippen molar-refractivity contribution in [2.75, 3.05) is 5.32 Å². The van der Waals surface area contributed by atoms with Crippen molar-refractivity contribution in [1.29, 1.82) is 0 Å². The highest BCUT2D eigenvalue weighted by molar-refractivity contribution is 6.31. The lowest BCUT2D eigenvalue weighted by Gasteiger charge is -2.40. The summed E-state index contributed by atoms with van der Waals surface area (Å²) in [6.07, 6.45) is 1.46. The number of rotatable bonds is 8. The van der Waals surface area contributed by atoms with Crippen molar-refractivity contribution < 1.29 is 23.6 Å². The average molecular weight is 423 g/mol. The minimum absolute atomic E-state index is 0.0123. The molecule has 1 unspecified atom stereocenters. The van der Waals surface area contributed by atoms with Crippen LogP contribution in [0.4, 0.5) is 10.1 Å². The molecule has 1 heterocycles. The molecule has 3 rings (SSSR count). The first kappa shape index (κ1) is 22.2. The number of carbonyl (C=O) groups excluding carboxylic acids is 4. The summed E-state index contributed by atoms with van der Waals surface area (Å²) >= 11 is 0. The quantitative estimate of drug-likeness (QED) is 0.379. The molecule has 0 bridgehead atoms. The van der Waals surface area contributed by atoms with Crippen LogP contribution in [-0.2, 0) is 27.5 Å². The summed E-state index contributed by atoms with van der Waals surface area (Å²) in [5.41, 5.74) is 1.50. The van der Waals surface area contributed by atoms with Gasteiger partial charge in [-0.3, -0.25) is 24.5 Å². The van der Waals surface area contributed by atoms with Crippen molar-refractivity contribution in [1.82, 2.24) is 10.2 Å². The van der Waals surface area contributed by atoms with Crippen LogP contribution in [0.25, 0.3) is 0 Å². The maximum atomic E-state index is 14.4. The third-order valence-corrected chi connectivity index (χ3v) is 5.79. The Bertz CT molecular complexity index is 1050. The Morgan fingerprint density at radius 2 is 1.97 bits per heavy atom. The first-order valence-electron chi connectivity index (χ1n) is 9.91. The largest absolute Gasteiger partial charge is 0.381 e. The van der Waals surface area contributed by atoms with Crippen LogP contribution in [0.5, 0.6) is 0 Å². The fourth-order valence-corrected chi connectivity index (χ4v) is 3.66. The van der Waals surface area contributed by atoms with E-state index >= 15 is 0 Å². The lowest BCUT2D eigenvalue weighted by atomic mass is 9.70. The van der Waals surface area contributed by atoms with E-state index in [0.717, 1.165) is 11.1 Å². The summed E-state index contributed by atoms with van der Waals surface area (Å²) < 4.78 is 14.4. The highest BCUT2D eigenvalue weighted by Gasteiger charge is 2.43. The van der Waals surface area contributed by atoms with Gasteiger partial charge in [0.1, 0.15) is 13.7 Å². The predicted octanol–water partition coefficient (Wildman–Crippen LogP) is 1.28. The number of halogens is 1. The van der Waals surface area contributed by atoms with Crippen molar-refractivity contribution in [2.24, 2.45) is 0 Å². The molecule has 160 valence electrons. The second-order valence-electron chi connectivity index (χ2n) is 7.78. The minimum Gasteiger partial charge on any atom is -0.381 e. The van der Waals surface area contributed by atoms with Gasteiger partial charge in [0, 0.05) is 30.8 Å². The van der Waals surface area contributed by atoms with Crippen LogP contribution in [0.3, 0.4) is 0 Å². The van der Waals surface area contributed by atoms with E-state index in [-0.39, 0.29) is 37.4 Å². The molecule has 7 nitrogen and oxygen atoms in total. The molecular weight excluding hydrogens is 400 g/mol. The highest BCUT2D eigenvalue weighted by atomic mass is 19.1. The molecule has 1 atom stereocenters. The monoisotopic (exact) mass is 423 g/mol. The van der Waals surface area contributed by atoms with Gasteiger partial charge < -0.3 is 10.2 Å². The number of nitrogens with one attached hydrogen (secondary N) is 2. The predicted molar refractivity (Wildman–Crippen MR) is 116 cm³/mol. The summed E-state index contributed by atoms with van der Waals surface area (Å²) in [4.78, 5) is 48.3. The van der Waals surface area contributed by atoms with Gasteiger partial charge in [-0.15, -0.1) is 0 Å². The number of hydrogen-bond donors (Lipinski definition) is 2. The second kappa shape index (κ2) is 9.12. The van der Waals surface area contributed by atoms with Gasteiger partial charge in [-0.2, -0.15) is 0 Å². The summed E-state index contributed by atoms with van der Waals surface area (Å²) in [7, 11) is 1.63. The number of piperidine rings is 1. The molecule has 1 aliphatic rings. The standard InChI is InChI=1S/C22H23BFN3O4/c1-14-4-2-7-18(25-10-15-5-3-6-16(12-28)20(15)24)17(14)11-27(13-29)22(23)9-8-19(30)26-21(22)31/h2-7,12-13,25H,8-11,23H2,1H3,(H,26,30,31). The van der Waals surface area contributed by atoms with Gasteiger partial charge in [-0.05, 0) is 36.6 Å². The van der Waals surface area contributed by atoms with Crippen LogP contribution in [0, 0.1) is 12.7 Å². The van der Waals surface area contributed by atoms with E-state index in [2.05, 4.69) is 10.6 Å². The lowest BCUT2D eigenvalue weighted by Crippen LogP contribution is -2.62. The lowest BCUT2D eigenvalue weighted by molar-refractivity contribution is -0.144. The number of benzene rings is 2. The summed E-state index contributed by atoms with van der Waals surface area (Å²) in [6, 6.07) is 10.1. The third kappa shape index (κ3) is 4.50. The summed E-state index contributed by atoms with van der Waals surface area (Å²) in [5.74, 6) is -1.44. The smallest absolute Gasteiger partial charge is 0.243 e. The molecule has 9 heteroatoms. The molecule has 0 aromatic heterocycles. The molecule has 2 aromatic rings. The number of imide groups is 1. The molecule has 1 saturated heterocycles. The van der Waals surface area contributed by atoms with E-state index in [4.69, 9.17) is 0 Å². The molecule has 2 N–H and O–H groups in total. The number of anilines is 1. The van der Waals surface area contributed by atoms with Crippen LogP contribution in [0.15, 0.2) is 36.4 Å². The fraction of sp³-hybridized carbons (Fsp3) is 0.273. The van der Waals surface area contributed by atoms with E-state index in [1.165, 1.54) is 11.0 Å². The molecule has 31 heavy (non-hydrogen) atoms. The Balaban J connectivity index is 1.85. The Hall–Kier alpha value is -3.49. The summed E-state index contributed by atoms with van der Waals surface area (Å²) in [6.45, 7) is 2.15. The van der Waals surface area contributed by atoms with Crippen LogP contribution < -0.4 is 10.6 Å². The topological polar surface area (TPSA) is 95.6 Å². The maximum Gasteiger partial charge on any atom is 0.243 e. The Kier molecular flexibility index (Phi) is 6.53. The van der Waals surface area contributed by atoms with E-state index < -0.39 is 17.2 Å². The molecule has 3 amide bonds. The van der Waals surface area contributed by atoms with Crippen molar-refractivity contribution in [3.8, 4) is 0 Å². The van der Waals surface area contributed by atoms with E-state index in [9.17, 15) is 23.6 Å². The zero-order chi connectivity index (χ0) is 22.6. The molecule has 1 aliphatic heterocycles. The van der Waals surface area contributed by atoms with Crippen LogP contribution in [-0.4, -0.2) is 42.7 Å². The minimum atomic E-state index is -1.15. The summed E-state index contributed by atoms with van der Waals surface area (Å²) in [5, 5.41) is 5.47. The van der Waals surface area contributed by atoms with Crippen molar-refractivity contribution in [3.05, 3.63) is 64.5 Å². The molecular formula is C22H23BFN3O4. The number of carbonyl (C=O) groups is 4. The number of aldehydes is 1. The normalized spacial score (nSPS) is 18.3. The van der Waals surface area contributed by atoms with Gasteiger partial charge in [-0.25, -0.2) is 4.39 Å². The van der Waals surface area contributed by atoms with Gasteiger partial charge in [0.05, 0.1) is 11.0 Å². The SMILES string of the molecule is BC1(N(C=O)Cc2c(C)cccc2NCc2cccc(C=O)c2F)CCC(=O)NC1=O. The van der Waals surface area contributed by atoms with Gasteiger partial charge in [-0.1, -0.05) is 24.3 Å².